The molecule has 0 amide bonds. The van der Waals surface area contributed by atoms with E-state index in [0.29, 0.717) is 33.4 Å². The van der Waals surface area contributed by atoms with E-state index < -0.39 is 0 Å². The zero-order valence-corrected chi connectivity index (χ0v) is 34.7. The maximum absolute atomic E-state index is 13.6. The maximum Gasteiger partial charge on any atom is 0.193 e. The zero-order valence-electron chi connectivity index (χ0n) is 34.7. The van der Waals surface area contributed by atoms with Crippen molar-refractivity contribution in [3.05, 3.63) is 287 Å². The summed E-state index contributed by atoms with van der Waals surface area (Å²) in [6, 6.07) is 77.5. The van der Waals surface area contributed by atoms with Gasteiger partial charge in [-0.1, -0.05) is 237 Å². The van der Waals surface area contributed by atoms with Crippen LogP contribution in [0.15, 0.2) is 237 Å². The number of hydrogen-bond donors (Lipinski definition) is 0. The van der Waals surface area contributed by atoms with E-state index in [1.807, 2.05) is 176 Å². The maximum atomic E-state index is 13.6. The second kappa shape index (κ2) is 18.7. The second-order valence-corrected chi connectivity index (χ2v) is 15.8. The lowest BCUT2D eigenvalue weighted by molar-refractivity contribution is 0.103. The number of ketones is 3. The molecule has 0 atom stereocenters. The van der Waals surface area contributed by atoms with Gasteiger partial charge in [-0.05, 0) is 62.9 Å². The monoisotopic (exact) mass is 812 g/mol. The molecule has 0 unspecified atom stereocenters. The first-order chi connectivity index (χ1) is 31.0. The summed E-state index contributed by atoms with van der Waals surface area (Å²) in [4.78, 5) is 40.8. The normalized spacial score (nSPS) is 11.0. The Bertz CT molecular complexity index is 2820. The van der Waals surface area contributed by atoms with Crippen molar-refractivity contribution in [2.75, 3.05) is 0 Å². The minimum atomic E-state index is -0.0286. The summed E-state index contributed by atoms with van der Waals surface area (Å²) in [5.41, 5.74) is 13.6. The van der Waals surface area contributed by atoms with Gasteiger partial charge < -0.3 is 0 Å². The smallest absolute Gasteiger partial charge is 0.193 e. The Balaban J connectivity index is 0.930. The van der Waals surface area contributed by atoms with Crippen molar-refractivity contribution in [2.24, 2.45) is 0 Å². The van der Waals surface area contributed by atoms with Crippen LogP contribution < -0.4 is 0 Å². The number of aryl methyl sites for hydroxylation is 1. The van der Waals surface area contributed by atoms with Crippen LogP contribution in [0.1, 0.15) is 76.8 Å². The van der Waals surface area contributed by atoms with Gasteiger partial charge in [-0.25, -0.2) is 0 Å². The highest BCUT2D eigenvalue weighted by molar-refractivity contribution is 6.10. The lowest BCUT2D eigenvalue weighted by atomic mass is 9.85. The van der Waals surface area contributed by atoms with E-state index in [2.05, 4.69) is 60.7 Å². The second-order valence-electron chi connectivity index (χ2n) is 15.8. The van der Waals surface area contributed by atoms with Gasteiger partial charge in [-0.3, -0.25) is 14.4 Å². The molecular formula is C60H44O3. The minimum absolute atomic E-state index is 0.0115. The summed E-state index contributed by atoms with van der Waals surface area (Å²) < 4.78 is 0. The minimum Gasteiger partial charge on any atom is -0.289 e. The van der Waals surface area contributed by atoms with E-state index in [0.717, 1.165) is 62.9 Å². The molecule has 3 nitrogen and oxygen atoms in total. The van der Waals surface area contributed by atoms with Crippen LogP contribution in [-0.2, 0) is 6.42 Å². The number of benzene rings is 9. The van der Waals surface area contributed by atoms with Crippen LogP contribution in [0.4, 0.5) is 0 Å². The molecule has 0 aromatic heterocycles. The van der Waals surface area contributed by atoms with Crippen LogP contribution >= 0.6 is 0 Å². The third kappa shape index (κ3) is 9.34. The van der Waals surface area contributed by atoms with Gasteiger partial charge in [0.2, 0.25) is 0 Å². The van der Waals surface area contributed by atoms with Crippen LogP contribution in [0, 0.1) is 0 Å². The average Bonchev–Trinajstić information content (AvgIpc) is 3.37. The Morgan fingerprint density at radius 2 is 0.508 bits per heavy atom. The molecule has 0 heterocycles. The van der Waals surface area contributed by atoms with Gasteiger partial charge in [-0.15, -0.1) is 0 Å². The summed E-state index contributed by atoms with van der Waals surface area (Å²) in [5.74, 6) is -0.0843. The van der Waals surface area contributed by atoms with Gasteiger partial charge in [0, 0.05) is 39.3 Å². The van der Waals surface area contributed by atoms with E-state index >= 15 is 0 Å². The largest absolute Gasteiger partial charge is 0.289 e. The highest BCUT2D eigenvalue weighted by Crippen LogP contribution is 2.32. The van der Waals surface area contributed by atoms with Crippen molar-refractivity contribution < 1.29 is 14.4 Å². The van der Waals surface area contributed by atoms with Crippen molar-refractivity contribution in [2.45, 2.75) is 18.8 Å². The van der Waals surface area contributed by atoms with E-state index in [1.165, 1.54) is 0 Å². The van der Waals surface area contributed by atoms with Gasteiger partial charge in [-0.2, -0.15) is 0 Å². The van der Waals surface area contributed by atoms with Gasteiger partial charge >= 0.3 is 0 Å². The zero-order chi connectivity index (χ0) is 43.0. The Hall–Kier alpha value is -8.01. The molecule has 0 aliphatic carbocycles. The molecule has 0 saturated carbocycles. The number of hydrogen-bond acceptors (Lipinski definition) is 3. The molecule has 9 rings (SSSR count). The van der Waals surface area contributed by atoms with Crippen LogP contribution in [0.2, 0.25) is 0 Å². The first-order valence-electron chi connectivity index (χ1n) is 21.4. The third-order valence-electron chi connectivity index (χ3n) is 11.9. The van der Waals surface area contributed by atoms with Gasteiger partial charge in [0.1, 0.15) is 0 Å². The average molecular weight is 813 g/mol. The molecule has 3 heteroatoms. The molecule has 9 aromatic carbocycles. The Kier molecular flexibility index (Phi) is 12.0. The predicted octanol–water partition coefficient (Wildman–Crippen LogP) is 14.1. The number of carbonyl (C=O) groups is 3. The first-order valence-corrected chi connectivity index (χ1v) is 21.4. The highest BCUT2D eigenvalue weighted by atomic mass is 16.1. The quantitative estimate of drug-likeness (QED) is 0.103. The van der Waals surface area contributed by atoms with E-state index in [4.69, 9.17) is 0 Å². The fraction of sp³-hybridized carbons (Fsp3) is 0.0500. The van der Waals surface area contributed by atoms with E-state index in [1.54, 1.807) is 0 Å². The Labute approximate surface area is 369 Å². The van der Waals surface area contributed by atoms with Crippen LogP contribution in [0.5, 0.6) is 0 Å². The van der Waals surface area contributed by atoms with Crippen molar-refractivity contribution in [3.63, 3.8) is 0 Å². The lowest BCUT2D eigenvalue weighted by Crippen LogP contribution is -2.07. The third-order valence-corrected chi connectivity index (χ3v) is 11.9. The fourth-order valence-electron chi connectivity index (χ4n) is 8.23. The molecule has 0 aliphatic rings. The summed E-state index contributed by atoms with van der Waals surface area (Å²) >= 11 is 0. The number of carbonyl (C=O) groups excluding carboxylic acids is 3. The SMILES string of the molecule is O=C(c1ccc(CCC(c2ccc(C(=O)c3ccc(-c4ccccc4)cc3)cc2)c2ccc(C(=O)c3ccc(-c4ccccc4)cc3)cc2)cc1)c1ccc(-c2ccccc2)cc1. The predicted molar refractivity (Wildman–Crippen MR) is 255 cm³/mol. The van der Waals surface area contributed by atoms with Crippen molar-refractivity contribution >= 4 is 17.3 Å². The first kappa shape index (κ1) is 40.4. The highest BCUT2D eigenvalue weighted by Gasteiger charge is 2.19. The molecule has 0 radical (unpaired) electrons. The molecule has 0 bridgehead atoms. The fourth-order valence-corrected chi connectivity index (χ4v) is 8.23. The van der Waals surface area contributed by atoms with Crippen LogP contribution in [0.25, 0.3) is 33.4 Å². The summed E-state index contributed by atoms with van der Waals surface area (Å²) in [6.45, 7) is 0. The standard InChI is InChI=1S/C60H44O3/c61-58(52-31-21-46(22-32-52)43-10-4-1-5-11-43)51-19-16-42(17-20-51)18-41-57(49-27-37-55(38-28-49)59(62)53-33-23-47(24-34-53)44-12-6-2-7-13-44)50-29-39-56(40-30-50)60(63)54-35-25-48(26-36-54)45-14-8-3-9-15-45/h1-17,19-40,57H,18,41H2. The van der Waals surface area contributed by atoms with E-state index in [-0.39, 0.29) is 23.3 Å². The molecule has 302 valence electrons. The van der Waals surface area contributed by atoms with Crippen molar-refractivity contribution in [3.8, 4) is 33.4 Å². The van der Waals surface area contributed by atoms with Crippen LogP contribution in [-0.4, -0.2) is 17.3 Å². The van der Waals surface area contributed by atoms with Crippen LogP contribution in [0.3, 0.4) is 0 Å². The molecule has 0 fully saturated rings. The van der Waals surface area contributed by atoms with Crippen molar-refractivity contribution in [1.82, 2.24) is 0 Å². The Morgan fingerprint density at radius 1 is 0.270 bits per heavy atom. The summed E-state index contributed by atoms with van der Waals surface area (Å²) in [5, 5.41) is 0. The molecule has 0 spiro atoms. The summed E-state index contributed by atoms with van der Waals surface area (Å²) in [6.07, 6.45) is 1.53. The number of rotatable bonds is 14. The van der Waals surface area contributed by atoms with Gasteiger partial charge in [0.25, 0.3) is 0 Å². The molecule has 0 aliphatic heterocycles. The van der Waals surface area contributed by atoms with Gasteiger partial charge in [0.15, 0.2) is 17.3 Å². The summed E-state index contributed by atoms with van der Waals surface area (Å²) in [7, 11) is 0. The van der Waals surface area contributed by atoms with Crippen molar-refractivity contribution in [1.29, 1.82) is 0 Å². The molecular weight excluding hydrogens is 769 g/mol. The molecule has 9 aromatic rings. The topological polar surface area (TPSA) is 51.2 Å². The van der Waals surface area contributed by atoms with Gasteiger partial charge in [0.05, 0.1) is 0 Å². The molecule has 63 heavy (non-hydrogen) atoms. The van der Waals surface area contributed by atoms with E-state index in [9.17, 15) is 14.4 Å². The lowest BCUT2D eigenvalue weighted by Gasteiger charge is -2.19. The Morgan fingerprint density at radius 3 is 0.794 bits per heavy atom. The molecule has 0 saturated heterocycles. The molecule has 0 N–H and O–H groups in total.